The first-order chi connectivity index (χ1) is 19.2. The fourth-order valence-electron chi connectivity index (χ4n) is 9.83. The monoisotopic (exact) mass is 548 g/mol. The van der Waals surface area contributed by atoms with Crippen molar-refractivity contribution in [1.82, 2.24) is 9.97 Å². The summed E-state index contributed by atoms with van der Waals surface area (Å²) in [5.74, 6) is 0.489. The number of ether oxygens (including phenoxy) is 3. The first-order valence-electron chi connectivity index (χ1n) is 14.6. The number of esters is 2. The van der Waals surface area contributed by atoms with Gasteiger partial charge in [-0.3, -0.25) is 4.79 Å². The van der Waals surface area contributed by atoms with Gasteiger partial charge in [-0.15, -0.1) is 0 Å². The van der Waals surface area contributed by atoms with E-state index in [-0.39, 0.29) is 34.9 Å². The minimum Gasteiger partial charge on any atom is -0.463 e. The number of rotatable bonds is 4. The molecule has 1 saturated heterocycles. The number of hydrogen-bond donors (Lipinski definition) is 0. The van der Waals surface area contributed by atoms with Gasteiger partial charge in [-0.05, 0) is 79.7 Å². The molecule has 3 heterocycles. The van der Waals surface area contributed by atoms with Gasteiger partial charge in [0.15, 0.2) is 0 Å². The zero-order valence-corrected chi connectivity index (χ0v) is 23.2. The van der Waals surface area contributed by atoms with Crippen LogP contribution in [0.1, 0.15) is 87.6 Å². The fraction of sp³-hybridized carbons (Fsp3) is 0.645. The van der Waals surface area contributed by atoms with Crippen molar-refractivity contribution in [3.05, 3.63) is 58.7 Å². The van der Waals surface area contributed by atoms with Crippen LogP contribution in [-0.2, 0) is 19.0 Å². The maximum atomic E-state index is 13.3. The summed E-state index contributed by atoms with van der Waals surface area (Å²) in [6.45, 7) is 6.23. The summed E-state index contributed by atoms with van der Waals surface area (Å²) in [6.07, 6.45) is 12.1. The third kappa shape index (κ3) is 3.58. The Morgan fingerprint density at radius 2 is 1.80 bits per heavy atom. The lowest BCUT2D eigenvalue weighted by Crippen LogP contribution is -2.58. The molecule has 4 aliphatic carbocycles. The van der Waals surface area contributed by atoms with Gasteiger partial charge in [-0.25, -0.2) is 19.6 Å². The third-order valence-electron chi connectivity index (χ3n) is 11.5. The van der Waals surface area contributed by atoms with Gasteiger partial charge in [0, 0.05) is 36.7 Å². The average Bonchev–Trinajstić information content (AvgIpc) is 3.64. The molecule has 2 aromatic rings. The van der Waals surface area contributed by atoms with Crippen LogP contribution in [0.4, 0.5) is 0 Å². The lowest BCUT2D eigenvalue weighted by Gasteiger charge is -2.61. The number of fused-ring (bicyclic) bond motifs is 3. The lowest BCUT2D eigenvalue weighted by molar-refractivity contribution is -0.164. The Morgan fingerprint density at radius 1 is 1.00 bits per heavy atom. The van der Waals surface area contributed by atoms with Crippen LogP contribution in [0.2, 0.25) is 0 Å². The molecule has 0 bridgehead atoms. The van der Waals surface area contributed by atoms with E-state index in [1.807, 2.05) is 6.07 Å². The zero-order valence-electron chi connectivity index (χ0n) is 23.2. The van der Waals surface area contributed by atoms with Crippen molar-refractivity contribution in [2.45, 2.75) is 95.5 Å². The van der Waals surface area contributed by atoms with Gasteiger partial charge < -0.3 is 18.6 Å². The van der Waals surface area contributed by atoms with E-state index in [0.29, 0.717) is 23.3 Å². The molecule has 9 nitrogen and oxygen atoms in total. The molecule has 5 aliphatic rings. The van der Waals surface area contributed by atoms with E-state index in [1.165, 1.54) is 38.0 Å². The second kappa shape index (κ2) is 8.96. The van der Waals surface area contributed by atoms with Crippen molar-refractivity contribution in [3.63, 3.8) is 0 Å². The van der Waals surface area contributed by atoms with Crippen LogP contribution >= 0.6 is 0 Å². The van der Waals surface area contributed by atoms with E-state index in [1.54, 1.807) is 0 Å². The Bertz CT molecular complexity index is 1380. The predicted molar refractivity (Wildman–Crippen MR) is 141 cm³/mol. The summed E-state index contributed by atoms with van der Waals surface area (Å²) in [5, 5.41) is 0. The van der Waals surface area contributed by atoms with Gasteiger partial charge in [-0.1, -0.05) is 13.8 Å². The Labute approximate surface area is 233 Å². The SMILES string of the molecule is CC(=O)O[C@H]1CC[C@@]2(C)C(CCC3[C@@H]2CC[C@]2(C)[C@@H](c4ccc(=O)oc4)[C@@H](OC(=O)c4cncnc4)[C@H]4OC342)C1. The number of carbonyl (C=O) groups excluding carboxylic acids is 2. The summed E-state index contributed by atoms with van der Waals surface area (Å²) < 4.78 is 24.0. The normalized spacial score (nSPS) is 42.9. The molecule has 4 saturated carbocycles. The largest absolute Gasteiger partial charge is 0.463 e. The smallest absolute Gasteiger partial charge is 0.341 e. The summed E-state index contributed by atoms with van der Waals surface area (Å²) in [7, 11) is 0. The van der Waals surface area contributed by atoms with Crippen molar-refractivity contribution in [2.24, 2.45) is 28.6 Å². The summed E-state index contributed by atoms with van der Waals surface area (Å²) in [6, 6.07) is 3.26. The second-order valence-corrected chi connectivity index (χ2v) is 13.1. The Morgan fingerprint density at radius 3 is 2.52 bits per heavy atom. The standard InChI is InChI=1S/C31H36N2O7/c1-17(34)38-21-8-10-29(2)20(12-21)5-6-23-22(29)9-11-30(3)25(18-4-7-24(35)37-15-18)26(27-31(23,30)40-27)39-28(36)19-13-32-16-33-14-19/h4,7,13-16,20-23,25-27H,5-6,8-12H2,1-3H3/t20?,21-,22-,23?,25-,26+,27+,29-,30+,31?/m0/s1. The van der Waals surface area contributed by atoms with Crippen molar-refractivity contribution in [3.8, 4) is 0 Å². The van der Waals surface area contributed by atoms with Gasteiger partial charge in [-0.2, -0.15) is 0 Å². The van der Waals surface area contributed by atoms with E-state index in [4.69, 9.17) is 18.6 Å². The van der Waals surface area contributed by atoms with Crippen molar-refractivity contribution < 1.29 is 28.2 Å². The molecule has 0 N–H and O–H groups in total. The lowest BCUT2D eigenvalue weighted by atomic mass is 9.44. The second-order valence-electron chi connectivity index (χ2n) is 13.1. The third-order valence-corrected chi connectivity index (χ3v) is 11.5. The molecular formula is C31H36N2O7. The van der Waals surface area contributed by atoms with Crippen LogP contribution in [-0.4, -0.2) is 45.8 Å². The molecule has 0 aromatic carbocycles. The highest BCUT2D eigenvalue weighted by Gasteiger charge is 2.84. The molecule has 0 radical (unpaired) electrons. The van der Waals surface area contributed by atoms with Crippen LogP contribution < -0.4 is 5.63 Å². The van der Waals surface area contributed by atoms with E-state index >= 15 is 0 Å². The minimum absolute atomic E-state index is 0.0124. The number of aromatic nitrogens is 2. The number of epoxide rings is 1. The maximum absolute atomic E-state index is 13.3. The van der Waals surface area contributed by atoms with Crippen molar-refractivity contribution in [1.29, 1.82) is 0 Å². The molecule has 0 amide bonds. The first-order valence-corrected chi connectivity index (χ1v) is 14.6. The fourth-order valence-corrected chi connectivity index (χ4v) is 9.83. The molecule has 10 atom stereocenters. The highest BCUT2D eigenvalue weighted by molar-refractivity contribution is 5.88. The molecule has 1 spiro atoms. The summed E-state index contributed by atoms with van der Waals surface area (Å²) in [5.41, 5.74) is 0.199. The Hall–Kier alpha value is -3.07. The van der Waals surface area contributed by atoms with E-state index in [9.17, 15) is 14.4 Å². The van der Waals surface area contributed by atoms with Gasteiger partial charge >= 0.3 is 17.6 Å². The molecule has 40 heavy (non-hydrogen) atoms. The molecule has 9 heteroatoms. The van der Waals surface area contributed by atoms with Crippen LogP contribution in [0, 0.1) is 28.6 Å². The summed E-state index contributed by atoms with van der Waals surface area (Å²) >= 11 is 0. The van der Waals surface area contributed by atoms with E-state index in [0.717, 1.165) is 50.5 Å². The predicted octanol–water partition coefficient (Wildman–Crippen LogP) is 4.45. The van der Waals surface area contributed by atoms with Gasteiger partial charge in [0.25, 0.3) is 0 Å². The van der Waals surface area contributed by atoms with Gasteiger partial charge in [0.05, 0.1) is 11.8 Å². The van der Waals surface area contributed by atoms with E-state index in [2.05, 4.69) is 23.8 Å². The first kappa shape index (κ1) is 25.9. The molecule has 3 unspecified atom stereocenters. The average molecular weight is 549 g/mol. The molecule has 2 aromatic heterocycles. The summed E-state index contributed by atoms with van der Waals surface area (Å²) in [4.78, 5) is 44.7. The van der Waals surface area contributed by atoms with Crippen LogP contribution in [0.3, 0.4) is 0 Å². The minimum atomic E-state index is -0.519. The topological polar surface area (TPSA) is 121 Å². The number of carbonyl (C=O) groups is 2. The van der Waals surface area contributed by atoms with Gasteiger partial charge in [0.2, 0.25) is 0 Å². The van der Waals surface area contributed by atoms with Crippen molar-refractivity contribution in [2.75, 3.05) is 0 Å². The molecule has 7 rings (SSSR count). The van der Waals surface area contributed by atoms with Gasteiger partial charge in [0.1, 0.15) is 30.2 Å². The quantitative estimate of drug-likeness (QED) is 0.403. The molecule has 212 valence electrons. The Kier molecular flexibility index (Phi) is 5.80. The van der Waals surface area contributed by atoms with Crippen molar-refractivity contribution >= 4 is 11.9 Å². The molecular weight excluding hydrogens is 512 g/mol. The number of hydrogen-bond acceptors (Lipinski definition) is 9. The van der Waals surface area contributed by atoms with Crippen LogP contribution in [0.5, 0.6) is 0 Å². The highest BCUT2D eigenvalue weighted by atomic mass is 16.7. The molecule has 5 fully saturated rings. The Balaban J connectivity index is 1.23. The molecule has 1 aliphatic heterocycles. The number of nitrogens with zero attached hydrogens (tertiary/aromatic N) is 2. The zero-order chi connectivity index (χ0) is 27.9. The maximum Gasteiger partial charge on any atom is 0.341 e. The van der Waals surface area contributed by atoms with Crippen LogP contribution in [0.25, 0.3) is 0 Å². The van der Waals surface area contributed by atoms with Crippen LogP contribution in [0.15, 0.2) is 46.3 Å². The highest BCUT2D eigenvalue weighted by Crippen LogP contribution is 2.78. The van der Waals surface area contributed by atoms with E-state index < -0.39 is 23.3 Å².